The molecule has 1 amide bonds. The van der Waals surface area contributed by atoms with Crippen molar-refractivity contribution >= 4 is 40.6 Å². The molecule has 2 aromatic rings. The number of imidazole rings is 1. The van der Waals surface area contributed by atoms with Crippen LogP contribution in [0.1, 0.15) is 82.4 Å². The first-order valence-electron chi connectivity index (χ1n) is 15.0. The fraction of sp³-hybridized carbons (Fsp3) is 0.613. The van der Waals surface area contributed by atoms with Crippen LogP contribution in [-0.4, -0.2) is 57.3 Å². The smallest absolute Gasteiger partial charge is 0.245 e. The van der Waals surface area contributed by atoms with Gasteiger partial charge in [-0.15, -0.1) is 0 Å². The third-order valence-electron chi connectivity index (χ3n) is 8.81. The number of hydrogen-bond donors (Lipinski definition) is 3. The highest BCUT2D eigenvalue weighted by Gasteiger charge is 2.47. The van der Waals surface area contributed by atoms with Gasteiger partial charge in [-0.05, 0) is 80.8 Å². The second-order valence-corrected chi connectivity index (χ2v) is 12.3. The lowest BCUT2D eigenvalue weighted by Gasteiger charge is -2.47. The minimum Gasteiger partial charge on any atom is -0.363 e. The van der Waals surface area contributed by atoms with Crippen LogP contribution in [-0.2, 0) is 22.4 Å². The fourth-order valence-electron chi connectivity index (χ4n) is 6.56. The number of halogens is 1. The van der Waals surface area contributed by atoms with Crippen molar-refractivity contribution < 1.29 is 9.59 Å². The summed E-state index contributed by atoms with van der Waals surface area (Å²) in [6.07, 6.45) is 14.8. The Labute approximate surface area is 249 Å². The molecule has 4 rings (SSSR count). The van der Waals surface area contributed by atoms with Crippen LogP contribution in [0.4, 0.5) is 0 Å². The van der Waals surface area contributed by atoms with Gasteiger partial charge in [-0.3, -0.25) is 9.59 Å². The number of piperidine rings is 1. The number of hydrogen-bond acceptors (Lipinski definition) is 4. The van der Waals surface area contributed by atoms with E-state index in [1.807, 2.05) is 35.4 Å². The molecule has 218 valence electrons. The molecule has 2 heterocycles. The van der Waals surface area contributed by atoms with Crippen molar-refractivity contribution in [3.63, 3.8) is 0 Å². The summed E-state index contributed by atoms with van der Waals surface area (Å²) in [5, 5.41) is 7.71. The Morgan fingerprint density at radius 1 is 1.18 bits per heavy atom. The third-order valence-corrected chi connectivity index (χ3v) is 9.32. The second-order valence-electron chi connectivity index (χ2n) is 11.5. The van der Waals surface area contributed by atoms with Crippen LogP contribution in [0.15, 0.2) is 36.8 Å². The highest BCUT2D eigenvalue weighted by molar-refractivity contribution is 7.80. The number of thiocarbonyl (C=S) groups is 1. The maximum Gasteiger partial charge on any atom is 0.245 e. The molecule has 1 unspecified atom stereocenters. The zero-order chi connectivity index (χ0) is 28.4. The Kier molecular flexibility index (Phi) is 11.4. The first-order valence-corrected chi connectivity index (χ1v) is 15.8. The summed E-state index contributed by atoms with van der Waals surface area (Å²) in [5.41, 5.74) is 1.84. The van der Waals surface area contributed by atoms with Crippen LogP contribution in [0.5, 0.6) is 0 Å². The molecular formula is C31H44ClN5O2S. The van der Waals surface area contributed by atoms with Gasteiger partial charge in [0.05, 0.1) is 6.33 Å². The van der Waals surface area contributed by atoms with Gasteiger partial charge < -0.3 is 20.5 Å². The van der Waals surface area contributed by atoms with E-state index in [4.69, 9.17) is 23.8 Å². The summed E-state index contributed by atoms with van der Waals surface area (Å²) in [4.78, 5) is 36.5. The molecule has 2 aliphatic rings. The first kappa shape index (κ1) is 30.5. The zero-order valence-corrected chi connectivity index (χ0v) is 25.3. The number of amides is 1. The zero-order valence-electron chi connectivity index (χ0n) is 23.7. The number of aromatic nitrogens is 2. The van der Waals surface area contributed by atoms with Crippen molar-refractivity contribution in [2.75, 3.05) is 19.6 Å². The van der Waals surface area contributed by atoms with E-state index in [2.05, 4.69) is 27.5 Å². The van der Waals surface area contributed by atoms with E-state index >= 15 is 0 Å². The topological polar surface area (TPSA) is 90.1 Å². The Bertz CT molecular complexity index is 1090. The Morgan fingerprint density at radius 2 is 1.90 bits per heavy atom. The standard InChI is InChI=1S/C31H44ClN5O2S/c1-2-7-28(38)31(24-8-4-3-5-9-24)15-18-37(19-16-31)29(39)27(20-23-11-13-25(32)14-12-23)36-30(40)34-17-6-10-26-21-33-22-35-26/h11-14,21-22,24,27H,2-10,15-20H2,1H3,(H,33,35)(H2,34,36,40). The highest BCUT2D eigenvalue weighted by atomic mass is 35.5. The summed E-state index contributed by atoms with van der Waals surface area (Å²) in [5.74, 6) is 0.918. The monoisotopic (exact) mass is 585 g/mol. The number of rotatable bonds is 12. The largest absolute Gasteiger partial charge is 0.363 e. The van der Waals surface area contributed by atoms with Crippen molar-refractivity contribution in [2.24, 2.45) is 11.3 Å². The lowest BCUT2D eigenvalue weighted by atomic mass is 9.61. The number of benzene rings is 1. The lowest BCUT2D eigenvalue weighted by Crippen LogP contribution is -2.56. The van der Waals surface area contributed by atoms with E-state index in [-0.39, 0.29) is 11.3 Å². The van der Waals surface area contributed by atoms with Crippen molar-refractivity contribution in [1.82, 2.24) is 25.5 Å². The second kappa shape index (κ2) is 15.0. The summed E-state index contributed by atoms with van der Waals surface area (Å²) >= 11 is 11.7. The number of carbonyl (C=O) groups is 2. The molecule has 0 spiro atoms. The molecule has 0 bridgehead atoms. The molecule has 1 saturated heterocycles. The molecule has 1 atom stereocenters. The third kappa shape index (κ3) is 8.06. The predicted octanol–water partition coefficient (Wildman–Crippen LogP) is 5.63. The number of aryl methyl sites for hydroxylation is 1. The van der Waals surface area contributed by atoms with E-state index in [0.29, 0.717) is 54.3 Å². The van der Waals surface area contributed by atoms with Gasteiger partial charge in [-0.1, -0.05) is 49.9 Å². The van der Waals surface area contributed by atoms with Crippen molar-refractivity contribution in [3.05, 3.63) is 53.1 Å². The number of H-pyrrole nitrogens is 1. The van der Waals surface area contributed by atoms with E-state index in [1.54, 1.807) is 6.33 Å². The minimum atomic E-state index is -0.498. The van der Waals surface area contributed by atoms with Gasteiger partial charge in [0.1, 0.15) is 11.8 Å². The molecule has 0 radical (unpaired) electrons. The maximum absolute atomic E-state index is 13.9. The maximum atomic E-state index is 13.9. The highest BCUT2D eigenvalue weighted by Crippen LogP contribution is 2.47. The van der Waals surface area contributed by atoms with Crippen LogP contribution in [0.2, 0.25) is 5.02 Å². The van der Waals surface area contributed by atoms with Gasteiger partial charge in [0.15, 0.2) is 5.11 Å². The number of nitrogens with zero attached hydrogens (tertiary/aromatic N) is 2. The number of ketones is 1. The molecule has 40 heavy (non-hydrogen) atoms. The lowest BCUT2D eigenvalue weighted by molar-refractivity contribution is -0.144. The molecule has 1 saturated carbocycles. The van der Waals surface area contributed by atoms with Crippen LogP contribution >= 0.6 is 23.8 Å². The SMILES string of the molecule is CCCC(=O)C1(C2CCCCC2)CCN(C(=O)C(Cc2ccc(Cl)cc2)NC(=S)NCCCc2cnc[nH]2)CC1. The summed E-state index contributed by atoms with van der Waals surface area (Å²) < 4.78 is 0. The number of aromatic amines is 1. The molecular weight excluding hydrogens is 542 g/mol. The van der Waals surface area contributed by atoms with Crippen molar-refractivity contribution in [3.8, 4) is 0 Å². The molecule has 7 nitrogen and oxygen atoms in total. The Balaban J connectivity index is 1.40. The normalized spacial score (nSPS) is 18.2. The summed E-state index contributed by atoms with van der Waals surface area (Å²) in [6.45, 7) is 4.02. The molecule has 3 N–H and O–H groups in total. The van der Waals surface area contributed by atoms with Gasteiger partial charge >= 0.3 is 0 Å². The van der Waals surface area contributed by atoms with Gasteiger partial charge in [-0.2, -0.15) is 0 Å². The predicted molar refractivity (Wildman–Crippen MR) is 164 cm³/mol. The van der Waals surface area contributed by atoms with Gasteiger partial charge in [0.25, 0.3) is 0 Å². The quantitative estimate of drug-likeness (QED) is 0.221. The number of Topliss-reactive ketones (excluding diaryl/α,β-unsaturated/α-hetero) is 1. The van der Waals surface area contributed by atoms with E-state index in [1.165, 1.54) is 19.3 Å². The molecule has 1 aromatic carbocycles. The van der Waals surface area contributed by atoms with Crippen molar-refractivity contribution in [1.29, 1.82) is 0 Å². The van der Waals surface area contributed by atoms with Crippen LogP contribution in [0.3, 0.4) is 0 Å². The van der Waals surface area contributed by atoms with Gasteiger partial charge in [0.2, 0.25) is 5.91 Å². The number of nitrogens with one attached hydrogen (secondary N) is 3. The van der Waals surface area contributed by atoms with Crippen LogP contribution < -0.4 is 10.6 Å². The van der Waals surface area contributed by atoms with Gasteiger partial charge in [0, 0.05) is 54.8 Å². The van der Waals surface area contributed by atoms with E-state index in [9.17, 15) is 9.59 Å². The summed E-state index contributed by atoms with van der Waals surface area (Å²) in [6, 6.07) is 7.12. The molecule has 1 aliphatic heterocycles. The van der Waals surface area contributed by atoms with Crippen LogP contribution in [0.25, 0.3) is 0 Å². The molecule has 9 heteroatoms. The molecule has 1 aromatic heterocycles. The van der Waals surface area contributed by atoms with E-state index < -0.39 is 6.04 Å². The van der Waals surface area contributed by atoms with Gasteiger partial charge in [-0.25, -0.2) is 4.98 Å². The number of likely N-dealkylation sites (tertiary alicyclic amines) is 1. The fourth-order valence-corrected chi connectivity index (χ4v) is 6.93. The van der Waals surface area contributed by atoms with Crippen molar-refractivity contribution in [2.45, 2.75) is 90.0 Å². The average molecular weight is 586 g/mol. The van der Waals surface area contributed by atoms with E-state index in [0.717, 1.165) is 56.2 Å². The minimum absolute atomic E-state index is 0.0387. The summed E-state index contributed by atoms with van der Waals surface area (Å²) in [7, 11) is 0. The Hall–Kier alpha value is -2.45. The molecule has 1 aliphatic carbocycles. The number of carbonyl (C=O) groups excluding carboxylic acids is 2. The average Bonchev–Trinajstić information content (AvgIpc) is 3.50. The first-order chi connectivity index (χ1) is 19.4. The van der Waals surface area contributed by atoms with Crippen LogP contribution in [0, 0.1) is 11.3 Å². The molecule has 2 fully saturated rings. The Morgan fingerprint density at radius 3 is 2.55 bits per heavy atom.